The van der Waals surface area contributed by atoms with Gasteiger partial charge in [-0.15, -0.1) is 0 Å². The number of anilines is 1. The van der Waals surface area contributed by atoms with Crippen LogP contribution in [0, 0.1) is 23.7 Å². The van der Waals surface area contributed by atoms with E-state index in [9.17, 15) is 14.4 Å². The Kier molecular flexibility index (Phi) is 7.69. The lowest BCUT2D eigenvalue weighted by atomic mass is 9.73. The van der Waals surface area contributed by atoms with E-state index >= 15 is 0 Å². The summed E-state index contributed by atoms with van der Waals surface area (Å²) in [6, 6.07) is 14.2. The van der Waals surface area contributed by atoms with Crippen molar-refractivity contribution in [2.75, 3.05) is 5.32 Å². The zero-order valence-electron chi connectivity index (χ0n) is 24.7. The Morgan fingerprint density at radius 1 is 1.07 bits per heavy atom. The summed E-state index contributed by atoms with van der Waals surface area (Å²) in [5, 5.41) is 6.84. The van der Waals surface area contributed by atoms with Gasteiger partial charge in [0.05, 0.1) is 17.9 Å². The van der Waals surface area contributed by atoms with Gasteiger partial charge >= 0.3 is 0 Å². The highest BCUT2D eigenvalue weighted by Gasteiger charge is 2.72. The van der Waals surface area contributed by atoms with Gasteiger partial charge in [-0.25, -0.2) is 0 Å². The molecular formula is C34H40ClN3O4. The van der Waals surface area contributed by atoms with E-state index in [0.717, 1.165) is 24.8 Å². The fourth-order valence-electron chi connectivity index (χ4n) is 7.47. The molecule has 1 aliphatic carbocycles. The number of amides is 3. The van der Waals surface area contributed by atoms with Gasteiger partial charge in [-0.05, 0) is 53.5 Å². The first-order chi connectivity index (χ1) is 20.1. The van der Waals surface area contributed by atoms with Gasteiger partial charge in [0.15, 0.2) is 0 Å². The number of carbonyl (C=O) groups excluding carboxylic acids is 3. The van der Waals surface area contributed by atoms with Gasteiger partial charge in [0.25, 0.3) is 0 Å². The van der Waals surface area contributed by atoms with E-state index in [1.807, 2.05) is 54.6 Å². The summed E-state index contributed by atoms with van der Waals surface area (Å²) in [6.45, 7) is 8.80. The van der Waals surface area contributed by atoms with Crippen LogP contribution < -0.4 is 10.6 Å². The maximum atomic E-state index is 14.3. The number of ether oxygens (including phenoxy) is 1. The summed E-state index contributed by atoms with van der Waals surface area (Å²) in [6.07, 6.45) is 6.21. The zero-order chi connectivity index (χ0) is 29.8. The molecule has 3 aliphatic heterocycles. The highest BCUT2D eigenvalue weighted by atomic mass is 35.5. The van der Waals surface area contributed by atoms with E-state index in [1.165, 1.54) is 5.56 Å². The second kappa shape index (κ2) is 11.2. The first-order valence-electron chi connectivity index (χ1n) is 15.2. The lowest BCUT2D eigenvalue weighted by Gasteiger charge is -2.38. The molecule has 2 N–H and O–H groups in total. The molecule has 1 spiro atoms. The fourth-order valence-corrected chi connectivity index (χ4v) is 7.67. The van der Waals surface area contributed by atoms with Gasteiger partial charge in [-0.2, -0.15) is 0 Å². The first kappa shape index (κ1) is 28.9. The van der Waals surface area contributed by atoms with E-state index < -0.39 is 29.6 Å². The smallest absolute Gasteiger partial charge is 0.246 e. The Hall–Kier alpha value is -3.16. The standard InChI is InChI=1S/C34H40ClN3O4/c1-19(2)22-12-14-24(15-13-22)36-31(39)28-27-16-17-34(42-27)29(28)33(41)38(18-23-9-5-6-10-25(23)35)30(34)32(40)37-26-11-7-8-20(3)21(26)4/h5-6,9-10,12-17,19-21,26-30H,7-8,11,18H2,1-4H3,(H,36,39)(H,37,40)/t20-,21-,26-,27-,28+,29-,30-,34-/m1/s1. The number of nitrogens with zero attached hydrogens (tertiary/aromatic N) is 1. The van der Waals surface area contributed by atoms with Crippen LogP contribution in [0.3, 0.4) is 0 Å². The predicted octanol–water partition coefficient (Wildman–Crippen LogP) is 5.69. The quantitative estimate of drug-likeness (QED) is 0.406. The third-order valence-electron chi connectivity index (χ3n) is 10.1. The highest BCUT2D eigenvalue weighted by molar-refractivity contribution is 6.31. The number of nitrogens with one attached hydrogen (secondary N) is 2. The molecule has 7 nitrogen and oxygen atoms in total. The van der Waals surface area contributed by atoms with Gasteiger partial charge in [-0.1, -0.05) is 94.6 Å². The second-order valence-electron chi connectivity index (χ2n) is 12.9. The normalized spacial score (nSPS) is 33.2. The van der Waals surface area contributed by atoms with Crippen molar-refractivity contribution in [1.82, 2.24) is 10.2 Å². The van der Waals surface area contributed by atoms with E-state index in [1.54, 1.807) is 11.0 Å². The molecule has 3 amide bonds. The van der Waals surface area contributed by atoms with Crippen molar-refractivity contribution in [3.05, 3.63) is 76.8 Å². The molecular weight excluding hydrogens is 550 g/mol. The third kappa shape index (κ3) is 4.84. The average molecular weight is 590 g/mol. The zero-order valence-corrected chi connectivity index (χ0v) is 25.4. The molecule has 2 aromatic rings. The Balaban J connectivity index is 1.31. The van der Waals surface area contributed by atoms with Crippen LogP contribution >= 0.6 is 11.6 Å². The van der Waals surface area contributed by atoms with Crippen molar-refractivity contribution in [2.45, 2.75) is 83.2 Å². The van der Waals surface area contributed by atoms with Crippen LogP contribution in [-0.4, -0.2) is 46.4 Å². The van der Waals surface area contributed by atoms with Crippen molar-refractivity contribution in [3.63, 3.8) is 0 Å². The number of fused-ring (bicyclic) bond motifs is 1. The summed E-state index contributed by atoms with van der Waals surface area (Å²) in [4.78, 5) is 43.9. The predicted molar refractivity (Wildman–Crippen MR) is 163 cm³/mol. The number of hydrogen-bond acceptors (Lipinski definition) is 4. The van der Waals surface area contributed by atoms with E-state index in [-0.39, 0.29) is 30.3 Å². The van der Waals surface area contributed by atoms with E-state index in [0.29, 0.717) is 28.5 Å². The van der Waals surface area contributed by atoms with Gasteiger partial charge in [0, 0.05) is 23.3 Å². The van der Waals surface area contributed by atoms with Crippen LogP contribution in [0.5, 0.6) is 0 Å². The van der Waals surface area contributed by atoms with Gasteiger partial charge in [0.2, 0.25) is 17.7 Å². The number of rotatable bonds is 7. The van der Waals surface area contributed by atoms with Gasteiger partial charge < -0.3 is 20.3 Å². The Morgan fingerprint density at radius 2 is 1.81 bits per heavy atom. The second-order valence-corrected chi connectivity index (χ2v) is 13.3. The number of carbonyl (C=O) groups is 3. The maximum absolute atomic E-state index is 14.3. The van der Waals surface area contributed by atoms with E-state index in [4.69, 9.17) is 16.3 Å². The van der Waals surface area contributed by atoms with Gasteiger partial charge in [0.1, 0.15) is 11.6 Å². The first-order valence-corrected chi connectivity index (χ1v) is 15.6. The minimum absolute atomic E-state index is 0.0180. The lowest BCUT2D eigenvalue weighted by molar-refractivity contribution is -0.142. The number of benzene rings is 2. The summed E-state index contributed by atoms with van der Waals surface area (Å²) in [7, 11) is 0. The summed E-state index contributed by atoms with van der Waals surface area (Å²) < 4.78 is 6.52. The molecule has 0 unspecified atom stereocenters. The molecule has 8 heteroatoms. The summed E-state index contributed by atoms with van der Waals surface area (Å²) in [5.41, 5.74) is 1.36. The average Bonchev–Trinajstić information content (AvgIpc) is 3.60. The summed E-state index contributed by atoms with van der Waals surface area (Å²) in [5.74, 6) is -1.16. The molecule has 3 heterocycles. The molecule has 6 rings (SSSR count). The van der Waals surface area contributed by atoms with Crippen molar-refractivity contribution < 1.29 is 19.1 Å². The number of hydrogen-bond donors (Lipinski definition) is 2. The van der Waals surface area contributed by atoms with E-state index in [2.05, 4.69) is 38.3 Å². The molecule has 0 radical (unpaired) electrons. The SMILES string of the molecule is CC(C)c1ccc(NC(=O)[C@H]2[C@H]3C=C[C@@]4(O3)[C@H]2C(=O)N(Cc2ccccc2Cl)[C@@H]4C(=O)N[C@@H]2CCC[C@@H](C)[C@H]2C)cc1. The lowest BCUT2D eigenvalue weighted by Crippen LogP contribution is -2.57. The molecule has 3 fully saturated rings. The monoisotopic (exact) mass is 589 g/mol. The van der Waals surface area contributed by atoms with Crippen molar-refractivity contribution in [3.8, 4) is 0 Å². The Morgan fingerprint density at radius 3 is 2.52 bits per heavy atom. The molecule has 2 saturated heterocycles. The summed E-state index contributed by atoms with van der Waals surface area (Å²) >= 11 is 6.52. The molecule has 0 aromatic heterocycles. The van der Waals surface area contributed by atoms with Crippen molar-refractivity contribution >= 4 is 35.0 Å². The minimum atomic E-state index is -1.22. The van der Waals surface area contributed by atoms with Crippen LogP contribution in [0.4, 0.5) is 5.69 Å². The molecule has 4 aliphatic rings. The molecule has 2 aromatic carbocycles. The maximum Gasteiger partial charge on any atom is 0.246 e. The van der Waals surface area contributed by atoms with Crippen LogP contribution in [0.2, 0.25) is 5.02 Å². The Bertz CT molecular complexity index is 1410. The molecule has 222 valence electrons. The molecule has 1 saturated carbocycles. The van der Waals surface area contributed by atoms with Crippen molar-refractivity contribution in [1.29, 1.82) is 0 Å². The molecule has 42 heavy (non-hydrogen) atoms. The highest BCUT2D eigenvalue weighted by Crippen LogP contribution is 2.55. The third-order valence-corrected chi connectivity index (χ3v) is 10.5. The minimum Gasteiger partial charge on any atom is -0.359 e. The largest absolute Gasteiger partial charge is 0.359 e. The van der Waals surface area contributed by atoms with Crippen LogP contribution in [0.1, 0.15) is 64.0 Å². The van der Waals surface area contributed by atoms with Gasteiger partial charge in [-0.3, -0.25) is 14.4 Å². The van der Waals surface area contributed by atoms with Crippen LogP contribution in [-0.2, 0) is 25.7 Å². The number of likely N-dealkylation sites (tertiary alicyclic amines) is 1. The van der Waals surface area contributed by atoms with Crippen LogP contribution in [0.25, 0.3) is 0 Å². The number of halogens is 1. The fraction of sp³-hybridized carbons (Fsp3) is 0.500. The molecule has 8 atom stereocenters. The van der Waals surface area contributed by atoms with Crippen LogP contribution in [0.15, 0.2) is 60.7 Å². The Labute approximate surface area is 253 Å². The topological polar surface area (TPSA) is 87.7 Å². The van der Waals surface area contributed by atoms with Crippen molar-refractivity contribution in [2.24, 2.45) is 23.7 Å². The molecule has 2 bridgehead atoms.